The van der Waals surface area contributed by atoms with Gasteiger partial charge in [-0.15, -0.1) is 0 Å². The van der Waals surface area contributed by atoms with Crippen LogP contribution in [0.2, 0.25) is 0 Å². The Labute approximate surface area is 205 Å². The van der Waals surface area contributed by atoms with E-state index in [0.29, 0.717) is 0 Å². The smallest absolute Gasteiger partial charge is 0.408 e. The summed E-state index contributed by atoms with van der Waals surface area (Å²) in [6.45, 7) is 5.27. The number of aromatic nitrogens is 1. The van der Waals surface area contributed by atoms with Crippen molar-refractivity contribution < 1.29 is 31.8 Å². The Bertz CT molecular complexity index is 953. The van der Waals surface area contributed by atoms with E-state index in [-0.39, 0.29) is 16.6 Å². The molecule has 35 heavy (non-hydrogen) atoms. The number of halogens is 2. The van der Waals surface area contributed by atoms with Gasteiger partial charge in [0.25, 0.3) is 5.92 Å². The van der Waals surface area contributed by atoms with Crippen LogP contribution >= 0.6 is 0 Å². The van der Waals surface area contributed by atoms with E-state index in [9.17, 15) is 27.1 Å². The Balaban J connectivity index is 1.66. The molecule has 198 valence electrons. The van der Waals surface area contributed by atoms with Gasteiger partial charge in [0.2, 0.25) is 10.0 Å². The van der Waals surface area contributed by atoms with Gasteiger partial charge >= 0.3 is 6.09 Å². The second kappa shape index (κ2) is 10.9. The van der Waals surface area contributed by atoms with Crippen molar-refractivity contribution in [1.29, 1.82) is 0 Å². The standard InChI is InChI=1S/C23H36F2N4O5S/c1-22(2,3)34-21(31)28-19(15-8-6-4-5-7-9-15)20(30)27-18-11-10-17(14-26-18)35(32,33)29-16-12-23(24,25)13-16/h10-11,14-16,19-20,29-30H,4-9,12-13H2,1-3H3,(H,26,27)(H,28,31)/t19-,20-/m0/s1. The number of hydrogen-bond donors (Lipinski definition) is 4. The number of carbonyl (C=O) groups excluding carboxylic acids is 1. The fraction of sp³-hybridized carbons (Fsp3) is 0.739. The Morgan fingerprint density at radius 2 is 1.80 bits per heavy atom. The summed E-state index contributed by atoms with van der Waals surface area (Å²) >= 11 is 0. The maximum Gasteiger partial charge on any atom is 0.408 e. The van der Waals surface area contributed by atoms with Gasteiger partial charge in [-0.2, -0.15) is 0 Å². The number of anilines is 1. The zero-order valence-electron chi connectivity index (χ0n) is 20.4. The second-order valence-corrected chi connectivity index (χ2v) is 12.2. The molecular formula is C23H36F2N4O5S. The van der Waals surface area contributed by atoms with Crippen molar-refractivity contribution in [3.05, 3.63) is 18.3 Å². The Kier molecular flexibility index (Phi) is 8.59. The highest BCUT2D eigenvalue weighted by molar-refractivity contribution is 7.89. The molecule has 0 unspecified atom stereocenters. The molecule has 2 aliphatic carbocycles. The molecule has 4 N–H and O–H groups in total. The monoisotopic (exact) mass is 518 g/mol. The summed E-state index contributed by atoms with van der Waals surface area (Å²) in [5.74, 6) is -2.61. The highest BCUT2D eigenvalue weighted by Gasteiger charge is 2.46. The summed E-state index contributed by atoms with van der Waals surface area (Å²) in [7, 11) is -4.00. The highest BCUT2D eigenvalue weighted by atomic mass is 32.2. The molecule has 9 nitrogen and oxygen atoms in total. The van der Waals surface area contributed by atoms with Crippen molar-refractivity contribution in [1.82, 2.24) is 15.0 Å². The van der Waals surface area contributed by atoms with Crippen LogP contribution in [0.4, 0.5) is 19.4 Å². The first-order valence-electron chi connectivity index (χ1n) is 12.0. The highest BCUT2D eigenvalue weighted by Crippen LogP contribution is 2.38. The third-order valence-electron chi connectivity index (χ3n) is 6.19. The van der Waals surface area contributed by atoms with E-state index >= 15 is 0 Å². The van der Waals surface area contributed by atoms with Gasteiger partial charge in [0.1, 0.15) is 22.5 Å². The molecule has 0 bridgehead atoms. The molecule has 12 heteroatoms. The van der Waals surface area contributed by atoms with Crippen molar-refractivity contribution >= 4 is 21.9 Å². The van der Waals surface area contributed by atoms with Gasteiger partial charge in [-0.25, -0.2) is 31.7 Å². The zero-order chi connectivity index (χ0) is 25.9. The zero-order valence-corrected chi connectivity index (χ0v) is 21.2. The summed E-state index contributed by atoms with van der Waals surface area (Å²) < 4.78 is 58.5. The van der Waals surface area contributed by atoms with Gasteiger partial charge in [-0.05, 0) is 51.7 Å². The number of alkyl carbamates (subject to hydrolysis) is 1. The minimum atomic E-state index is -4.00. The van der Waals surface area contributed by atoms with Crippen LogP contribution in [0, 0.1) is 5.92 Å². The molecule has 2 atom stereocenters. The summed E-state index contributed by atoms with van der Waals surface area (Å²) in [6.07, 6.45) is 4.08. The first kappa shape index (κ1) is 27.5. The first-order valence-corrected chi connectivity index (χ1v) is 13.5. The lowest BCUT2D eigenvalue weighted by Crippen LogP contribution is -2.52. The topological polar surface area (TPSA) is 130 Å². The minimum absolute atomic E-state index is 0.0250. The Hall–Kier alpha value is -2.05. The van der Waals surface area contributed by atoms with E-state index in [1.165, 1.54) is 12.1 Å². The molecule has 0 aromatic carbocycles. The van der Waals surface area contributed by atoms with Crippen LogP contribution in [0.25, 0.3) is 0 Å². The lowest BCUT2D eigenvalue weighted by Gasteiger charge is -2.34. The third kappa shape index (κ3) is 8.25. The number of ether oxygens (including phenoxy) is 1. The number of alkyl halides is 2. The van der Waals surface area contributed by atoms with Crippen LogP contribution in [0.3, 0.4) is 0 Å². The van der Waals surface area contributed by atoms with Crippen molar-refractivity contribution in [2.45, 2.75) is 107 Å². The molecular weight excluding hydrogens is 482 g/mol. The number of pyridine rings is 1. The number of amides is 1. The predicted octanol–water partition coefficient (Wildman–Crippen LogP) is 3.75. The first-order chi connectivity index (χ1) is 16.2. The van der Waals surface area contributed by atoms with E-state index in [1.54, 1.807) is 20.8 Å². The van der Waals surface area contributed by atoms with Crippen LogP contribution in [-0.2, 0) is 14.8 Å². The molecule has 0 saturated heterocycles. The SMILES string of the molecule is CC(C)(C)OC(=O)N[C@@H](C1CCCCCC1)[C@H](O)Nc1ccc(S(=O)(=O)NC2CC(F)(F)C2)cn1. The number of nitrogens with one attached hydrogen (secondary N) is 3. The molecule has 1 heterocycles. The maximum atomic E-state index is 13.0. The number of nitrogens with zero attached hydrogens (tertiary/aromatic N) is 1. The van der Waals surface area contributed by atoms with Crippen LogP contribution < -0.4 is 15.4 Å². The van der Waals surface area contributed by atoms with E-state index in [0.717, 1.165) is 44.7 Å². The van der Waals surface area contributed by atoms with Crippen LogP contribution in [0.5, 0.6) is 0 Å². The number of rotatable bonds is 8. The van der Waals surface area contributed by atoms with Gasteiger partial charge < -0.3 is 20.5 Å². The third-order valence-corrected chi connectivity index (χ3v) is 7.69. The molecule has 3 rings (SSSR count). The molecule has 2 saturated carbocycles. The van der Waals surface area contributed by atoms with E-state index < -0.39 is 58.8 Å². The van der Waals surface area contributed by atoms with Crippen LogP contribution in [0.15, 0.2) is 23.2 Å². The molecule has 1 amide bonds. The maximum absolute atomic E-state index is 13.0. The molecule has 0 spiro atoms. The fourth-order valence-corrected chi connectivity index (χ4v) is 5.65. The van der Waals surface area contributed by atoms with Crippen molar-refractivity contribution in [2.75, 3.05) is 5.32 Å². The van der Waals surface area contributed by atoms with Gasteiger partial charge in [0.15, 0.2) is 0 Å². The minimum Gasteiger partial charge on any atom is -0.444 e. The number of aliphatic hydroxyl groups is 1. The number of hydrogen-bond acceptors (Lipinski definition) is 7. The summed E-state index contributed by atoms with van der Waals surface area (Å²) in [5.41, 5.74) is -0.692. The van der Waals surface area contributed by atoms with Crippen molar-refractivity contribution in [2.24, 2.45) is 5.92 Å². The van der Waals surface area contributed by atoms with Gasteiger partial charge in [0, 0.05) is 25.1 Å². The van der Waals surface area contributed by atoms with Crippen LogP contribution in [0.1, 0.15) is 72.1 Å². The fourth-order valence-electron chi connectivity index (χ4n) is 4.47. The Morgan fingerprint density at radius 1 is 1.17 bits per heavy atom. The van der Waals surface area contributed by atoms with Crippen molar-refractivity contribution in [3.63, 3.8) is 0 Å². The predicted molar refractivity (Wildman–Crippen MR) is 127 cm³/mol. The van der Waals surface area contributed by atoms with Gasteiger partial charge in [-0.3, -0.25) is 0 Å². The lowest BCUT2D eigenvalue weighted by atomic mass is 9.89. The number of sulfonamides is 1. The van der Waals surface area contributed by atoms with Crippen molar-refractivity contribution in [3.8, 4) is 0 Å². The molecule has 2 fully saturated rings. The molecule has 0 aliphatic heterocycles. The average molecular weight is 519 g/mol. The number of carbonyl (C=O) groups is 1. The van der Waals surface area contributed by atoms with E-state index in [4.69, 9.17) is 4.74 Å². The number of aliphatic hydroxyl groups excluding tert-OH is 1. The second-order valence-electron chi connectivity index (χ2n) is 10.5. The molecule has 1 aromatic heterocycles. The van der Waals surface area contributed by atoms with Gasteiger partial charge in [0.05, 0.1) is 6.04 Å². The van der Waals surface area contributed by atoms with E-state index in [2.05, 4.69) is 20.3 Å². The molecule has 0 radical (unpaired) electrons. The molecule has 2 aliphatic rings. The van der Waals surface area contributed by atoms with Gasteiger partial charge in [-0.1, -0.05) is 25.7 Å². The lowest BCUT2D eigenvalue weighted by molar-refractivity contribution is -0.0876. The average Bonchev–Trinajstić information content (AvgIpc) is 2.99. The molecule has 1 aromatic rings. The summed E-state index contributed by atoms with van der Waals surface area (Å²) in [5, 5.41) is 16.6. The quantitative estimate of drug-likeness (QED) is 0.305. The van der Waals surface area contributed by atoms with E-state index in [1.807, 2.05) is 0 Å². The normalized spacial score (nSPS) is 21.3. The van der Waals surface area contributed by atoms with Crippen LogP contribution in [-0.4, -0.2) is 54.4 Å². The summed E-state index contributed by atoms with van der Waals surface area (Å²) in [4.78, 5) is 16.4. The Morgan fingerprint density at radius 3 is 2.31 bits per heavy atom. The largest absolute Gasteiger partial charge is 0.444 e. The summed E-state index contributed by atoms with van der Waals surface area (Å²) in [6, 6.07) is 1.21.